The van der Waals surface area contributed by atoms with Crippen LogP contribution in [0.4, 0.5) is 0 Å². The molecule has 3 heteroatoms. The summed E-state index contributed by atoms with van der Waals surface area (Å²) in [5.74, 6) is 0.304. The van der Waals surface area contributed by atoms with E-state index in [4.69, 9.17) is 0 Å². The summed E-state index contributed by atoms with van der Waals surface area (Å²) in [4.78, 5) is 27.9. The molecule has 128 valence electrons. The van der Waals surface area contributed by atoms with Crippen molar-refractivity contribution in [1.29, 1.82) is 0 Å². The van der Waals surface area contributed by atoms with Crippen LogP contribution in [0.5, 0.6) is 0 Å². The summed E-state index contributed by atoms with van der Waals surface area (Å²) < 4.78 is 0. The normalized spacial score (nSPS) is 21.6. The predicted molar refractivity (Wildman–Crippen MR) is 97.4 cm³/mol. The SMILES string of the molecule is O=C(c1ccccc1)C1CCCN(C(=O)C2(c3ccccc3)CC2)C1. The Balaban J connectivity index is 1.50. The van der Waals surface area contributed by atoms with E-state index in [1.807, 2.05) is 53.4 Å². The second-order valence-corrected chi connectivity index (χ2v) is 7.27. The number of ketones is 1. The van der Waals surface area contributed by atoms with E-state index < -0.39 is 0 Å². The van der Waals surface area contributed by atoms with Crippen LogP contribution in [0.1, 0.15) is 41.6 Å². The van der Waals surface area contributed by atoms with Gasteiger partial charge in [-0.15, -0.1) is 0 Å². The number of carbonyl (C=O) groups is 2. The molecule has 1 saturated carbocycles. The van der Waals surface area contributed by atoms with Gasteiger partial charge in [0, 0.05) is 24.6 Å². The molecule has 0 spiro atoms. The van der Waals surface area contributed by atoms with Crippen LogP contribution < -0.4 is 0 Å². The zero-order valence-electron chi connectivity index (χ0n) is 14.4. The van der Waals surface area contributed by atoms with E-state index >= 15 is 0 Å². The van der Waals surface area contributed by atoms with Crippen molar-refractivity contribution >= 4 is 11.7 Å². The Morgan fingerprint density at radius 2 is 1.56 bits per heavy atom. The van der Waals surface area contributed by atoms with Gasteiger partial charge in [-0.2, -0.15) is 0 Å². The number of rotatable bonds is 4. The first-order valence-electron chi connectivity index (χ1n) is 9.15. The average molecular weight is 333 g/mol. The largest absolute Gasteiger partial charge is 0.341 e. The predicted octanol–water partition coefficient (Wildman–Crippen LogP) is 3.84. The molecule has 1 amide bonds. The Kier molecular flexibility index (Phi) is 4.16. The maximum atomic E-state index is 13.2. The first kappa shape index (κ1) is 16.1. The van der Waals surface area contributed by atoms with Crippen LogP contribution in [0.15, 0.2) is 60.7 Å². The second kappa shape index (κ2) is 6.47. The third-order valence-electron chi connectivity index (χ3n) is 5.62. The minimum absolute atomic E-state index is 0.0772. The number of likely N-dealkylation sites (tertiary alicyclic amines) is 1. The molecule has 2 aromatic carbocycles. The smallest absolute Gasteiger partial charge is 0.233 e. The quantitative estimate of drug-likeness (QED) is 0.797. The highest BCUT2D eigenvalue weighted by Crippen LogP contribution is 2.50. The van der Waals surface area contributed by atoms with Gasteiger partial charge in [0.05, 0.1) is 5.41 Å². The Labute approximate surface area is 148 Å². The number of carbonyl (C=O) groups excluding carboxylic acids is 2. The molecule has 1 heterocycles. The minimum atomic E-state index is -0.334. The van der Waals surface area contributed by atoms with E-state index in [1.165, 1.54) is 0 Å². The number of nitrogens with zero attached hydrogens (tertiary/aromatic N) is 1. The maximum Gasteiger partial charge on any atom is 0.233 e. The topological polar surface area (TPSA) is 37.4 Å². The summed E-state index contributed by atoms with van der Waals surface area (Å²) in [5.41, 5.74) is 1.54. The molecule has 1 unspecified atom stereocenters. The zero-order valence-corrected chi connectivity index (χ0v) is 14.4. The molecule has 3 nitrogen and oxygen atoms in total. The summed E-state index contributed by atoms with van der Waals surface area (Å²) >= 11 is 0. The lowest BCUT2D eigenvalue weighted by Crippen LogP contribution is -2.46. The van der Waals surface area contributed by atoms with E-state index in [2.05, 4.69) is 12.1 Å². The van der Waals surface area contributed by atoms with Gasteiger partial charge in [-0.1, -0.05) is 60.7 Å². The fourth-order valence-electron chi connectivity index (χ4n) is 4.02. The fraction of sp³-hybridized carbons (Fsp3) is 0.364. The van der Waals surface area contributed by atoms with Gasteiger partial charge < -0.3 is 4.90 Å². The molecule has 25 heavy (non-hydrogen) atoms. The van der Waals surface area contributed by atoms with Crippen LogP contribution in [0.3, 0.4) is 0 Å². The van der Waals surface area contributed by atoms with Gasteiger partial charge in [-0.3, -0.25) is 9.59 Å². The van der Waals surface area contributed by atoms with E-state index in [9.17, 15) is 9.59 Å². The molecule has 0 bridgehead atoms. The molecule has 0 radical (unpaired) electrons. The van der Waals surface area contributed by atoms with Crippen LogP contribution in [-0.4, -0.2) is 29.7 Å². The molecule has 0 aromatic heterocycles. The lowest BCUT2D eigenvalue weighted by atomic mass is 9.88. The molecule has 1 saturated heterocycles. The third kappa shape index (κ3) is 2.99. The average Bonchev–Trinajstić information content (AvgIpc) is 3.50. The van der Waals surface area contributed by atoms with Gasteiger partial charge in [0.1, 0.15) is 0 Å². The molecule has 1 aliphatic carbocycles. The summed E-state index contributed by atoms with van der Waals surface area (Å²) in [7, 11) is 0. The van der Waals surface area contributed by atoms with Gasteiger partial charge in [-0.25, -0.2) is 0 Å². The van der Waals surface area contributed by atoms with Crippen LogP contribution in [0, 0.1) is 5.92 Å². The zero-order chi connectivity index (χ0) is 17.3. The third-order valence-corrected chi connectivity index (χ3v) is 5.62. The Morgan fingerprint density at radius 3 is 2.20 bits per heavy atom. The van der Waals surface area contributed by atoms with Crippen molar-refractivity contribution in [1.82, 2.24) is 4.90 Å². The van der Waals surface area contributed by atoms with Gasteiger partial charge in [0.25, 0.3) is 0 Å². The van der Waals surface area contributed by atoms with Crippen LogP contribution in [0.25, 0.3) is 0 Å². The second-order valence-electron chi connectivity index (χ2n) is 7.27. The molecule has 4 rings (SSSR count). The van der Waals surface area contributed by atoms with E-state index in [-0.39, 0.29) is 23.0 Å². The van der Waals surface area contributed by atoms with Crippen molar-refractivity contribution in [2.24, 2.45) is 5.92 Å². The molecule has 2 fully saturated rings. The summed E-state index contributed by atoms with van der Waals surface area (Å²) in [6.45, 7) is 1.33. The van der Waals surface area contributed by atoms with E-state index in [0.29, 0.717) is 6.54 Å². The molecule has 2 aliphatic rings. The highest BCUT2D eigenvalue weighted by atomic mass is 16.2. The number of hydrogen-bond acceptors (Lipinski definition) is 2. The van der Waals surface area contributed by atoms with Crippen LogP contribution >= 0.6 is 0 Å². The molecular formula is C22H23NO2. The van der Waals surface area contributed by atoms with Crippen molar-refractivity contribution in [3.8, 4) is 0 Å². The number of Topliss-reactive ketones (excluding diaryl/α,β-unsaturated/α-hetero) is 1. The number of hydrogen-bond donors (Lipinski definition) is 0. The molecular weight excluding hydrogens is 310 g/mol. The van der Waals surface area contributed by atoms with Crippen molar-refractivity contribution < 1.29 is 9.59 Å². The molecule has 0 N–H and O–H groups in total. The number of benzene rings is 2. The Bertz CT molecular complexity index is 765. The van der Waals surface area contributed by atoms with Crippen molar-refractivity contribution in [2.45, 2.75) is 31.1 Å². The van der Waals surface area contributed by atoms with Crippen LogP contribution in [0.2, 0.25) is 0 Å². The highest BCUT2D eigenvalue weighted by Gasteiger charge is 2.53. The van der Waals surface area contributed by atoms with Gasteiger partial charge in [0.15, 0.2) is 5.78 Å². The highest BCUT2D eigenvalue weighted by molar-refractivity contribution is 5.98. The van der Waals surface area contributed by atoms with Gasteiger partial charge in [-0.05, 0) is 31.2 Å². The summed E-state index contributed by atoms with van der Waals surface area (Å²) in [6.07, 6.45) is 3.61. The molecule has 1 aliphatic heterocycles. The standard InChI is InChI=1S/C22H23NO2/c24-20(17-8-3-1-4-9-17)18-10-7-15-23(16-18)21(25)22(13-14-22)19-11-5-2-6-12-19/h1-6,8-9,11-12,18H,7,10,13-16H2. The van der Waals surface area contributed by atoms with Gasteiger partial charge in [0.2, 0.25) is 5.91 Å². The maximum absolute atomic E-state index is 13.2. The monoisotopic (exact) mass is 333 g/mol. The Hall–Kier alpha value is -2.42. The van der Waals surface area contributed by atoms with Crippen molar-refractivity contribution in [3.05, 3.63) is 71.8 Å². The van der Waals surface area contributed by atoms with Crippen molar-refractivity contribution in [2.75, 3.05) is 13.1 Å². The lowest BCUT2D eigenvalue weighted by molar-refractivity contribution is -0.135. The number of amides is 1. The van der Waals surface area contributed by atoms with E-state index in [0.717, 1.165) is 43.4 Å². The summed E-state index contributed by atoms with van der Waals surface area (Å²) in [6, 6.07) is 19.6. The van der Waals surface area contributed by atoms with Gasteiger partial charge >= 0.3 is 0 Å². The summed E-state index contributed by atoms with van der Waals surface area (Å²) in [5, 5.41) is 0. The first-order valence-corrected chi connectivity index (χ1v) is 9.15. The molecule has 1 atom stereocenters. The van der Waals surface area contributed by atoms with E-state index in [1.54, 1.807) is 0 Å². The van der Waals surface area contributed by atoms with Crippen LogP contribution in [-0.2, 0) is 10.2 Å². The van der Waals surface area contributed by atoms with Crippen molar-refractivity contribution in [3.63, 3.8) is 0 Å². The fourth-order valence-corrected chi connectivity index (χ4v) is 4.02. The minimum Gasteiger partial charge on any atom is -0.341 e. The number of piperidine rings is 1. The molecule has 2 aromatic rings. The first-order chi connectivity index (χ1) is 12.2. The Morgan fingerprint density at radius 1 is 0.920 bits per heavy atom. The lowest BCUT2D eigenvalue weighted by Gasteiger charge is -2.34.